The normalized spacial score (nSPS) is 14.9. The molecule has 0 saturated carbocycles. The van der Waals surface area contributed by atoms with Crippen LogP contribution in [0.2, 0.25) is 0 Å². The van der Waals surface area contributed by atoms with Crippen molar-refractivity contribution in [2.24, 2.45) is 5.92 Å². The lowest BCUT2D eigenvalue weighted by Gasteiger charge is -2.30. The number of likely N-dealkylation sites (tertiary alicyclic amines) is 1. The van der Waals surface area contributed by atoms with E-state index in [4.69, 9.17) is 9.84 Å². The predicted octanol–water partition coefficient (Wildman–Crippen LogP) is 2.79. The third-order valence-corrected chi connectivity index (χ3v) is 5.12. The Morgan fingerprint density at radius 2 is 1.86 bits per heavy atom. The number of Topliss-reactive ketones (excluding diaryl/α,β-unsaturated/α-hetero) is 1. The largest absolute Gasteiger partial charge is 0.480 e. The fraction of sp³-hybridized carbons (Fsp3) is 0.571. The van der Waals surface area contributed by atoms with Gasteiger partial charge in [-0.05, 0) is 37.9 Å². The molecule has 1 aliphatic heterocycles. The van der Waals surface area contributed by atoms with Gasteiger partial charge in [0.05, 0.1) is 6.54 Å². The molecule has 0 radical (unpaired) electrons. The first-order valence-corrected chi connectivity index (χ1v) is 9.92. The minimum absolute atomic E-state index is 0.00811. The van der Waals surface area contributed by atoms with Crippen LogP contribution in [0.1, 0.15) is 38.2 Å². The first-order chi connectivity index (χ1) is 13.5. The fourth-order valence-corrected chi connectivity index (χ4v) is 3.42. The molecule has 1 aliphatic rings. The smallest absolute Gasteiger partial charge is 0.410 e. The summed E-state index contributed by atoms with van der Waals surface area (Å²) < 4.78 is 5.35. The molecule has 0 spiro atoms. The van der Waals surface area contributed by atoms with Gasteiger partial charge in [-0.25, -0.2) is 4.79 Å². The molecule has 1 amide bonds. The van der Waals surface area contributed by atoms with Gasteiger partial charge in [-0.2, -0.15) is 0 Å². The van der Waals surface area contributed by atoms with E-state index in [1.165, 1.54) is 0 Å². The van der Waals surface area contributed by atoms with Gasteiger partial charge in [-0.3, -0.25) is 14.5 Å². The summed E-state index contributed by atoms with van der Waals surface area (Å²) in [5.74, 6) is -0.656. The average Bonchev–Trinajstić information content (AvgIpc) is 2.71. The maximum Gasteiger partial charge on any atom is 0.410 e. The molecule has 1 heterocycles. The molecule has 1 aromatic carbocycles. The highest BCUT2D eigenvalue weighted by atomic mass is 16.6. The van der Waals surface area contributed by atoms with Crippen LogP contribution in [0.5, 0.6) is 0 Å². The van der Waals surface area contributed by atoms with Crippen LogP contribution < -0.4 is 0 Å². The van der Waals surface area contributed by atoms with Gasteiger partial charge in [0.25, 0.3) is 0 Å². The lowest BCUT2D eigenvalue weighted by molar-refractivity contribution is -0.138. The Hall–Kier alpha value is -2.41. The quantitative estimate of drug-likeness (QED) is 0.661. The highest BCUT2D eigenvalue weighted by molar-refractivity contribution is 5.81. The predicted molar refractivity (Wildman–Crippen MR) is 105 cm³/mol. The highest BCUT2D eigenvalue weighted by Crippen LogP contribution is 2.21. The van der Waals surface area contributed by atoms with Crippen molar-refractivity contribution in [3.63, 3.8) is 0 Å². The summed E-state index contributed by atoms with van der Waals surface area (Å²) in [6.07, 6.45) is 2.11. The average molecular weight is 390 g/mol. The summed E-state index contributed by atoms with van der Waals surface area (Å²) in [5, 5.41) is 8.85. The van der Waals surface area contributed by atoms with Crippen molar-refractivity contribution >= 4 is 17.8 Å². The van der Waals surface area contributed by atoms with Gasteiger partial charge in [0.1, 0.15) is 12.4 Å². The molecule has 0 aliphatic carbocycles. The van der Waals surface area contributed by atoms with Crippen molar-refractivity contribution in [2.75, 3.05) is 32.7 Å². The molecular formula is C21H30N2O5. The summed E-state index contributed by atoms with van der Waals surface area (Å²) in [6.45, 7) is 4.51. The number of rotatable bonds is 10. The standard InChI is InChI=1S/C21H30N2O5/c1-2-22(15-20(25)26)12-6-9-19(24)18-10-13-23(14-11-18)21(27)28-16-17-7-4-3-5-8-17/h3-5,7-8,18H,2,6,9-16H2,1H3,(H,25,26). The number of carbonyl (C=O) groups excluding carboxylic acids is 2. The van der Waals surface area contributed by atoms with Gasteiger partial charge < -0.3 is 14.7 Å². The van der Waals surface area contributed by atoms with E-state index in [-0.39, 0.29) is 30.9 Å². The Bertz CT molecular complexity index is 641. The number of benzene rings is 1. The number of likely N-dealkylation sites (N-methyl/N-ethyl adjacent to an activating group) is 1. The van der Waals surface area contributed by atoms with E-state index in [0.29, 0.717) is 51.9 Å². The first kappa shape index (κ1) is 21.9. The third-order valence-electron chi connectivity index (χ3n) is 5.12. The maximum atomic E-state index is 12.4. The van der Waals surface area contributed by atoms with Crippen molar-refractivity contribution in [1.29, 1.82) is 0 Å². The highest BCUT2D eigenvalue weighted by Gasteiger charge is 2.27. The second-order valence-corrected chi connectivity index (χ2v) is 7.13. The Morgan fingerprint density at radius 3 is 2.46 bits per heavy atom. The van der Waals surface area contributed by atoms with Gasteiger partial charge in [-0.1, -0.05) is 37.3 Å². The van der Waals surface area contributed by atoms with E-state index in [2.05, 4.69) is 0 Å². The van der Waals surface area contributed by atoms with E-state index >= 15 is 0 Å². The van der Waals surface area contributed by atoms with Crippen LogP contribution in [0.25, 0.3) is 0 Å². The SMILES string of the molecule is CCN(CCCC(=O)C1CCN(C(=O)OCc2ccccc2)CC1)CC(=O)O. The van der Waals surface area contributed by atoms with E-state index in [1.54, 1.807) is 4.90 Å². The third kappa shape index (κ3) is 7.31. The second-order valence-electron chi connectivity index (χ2n) is 7.13. The fourth-order valence-electron chi connectivity index (χ4n) is 3.42. The van der Waals surface area contributed by atoms with Crippen molar-refractivity contribution in [3.8, 4) is 0 Å². The van der Waals surface area contributed by atoms with Crippen molar-refractivity contribution in [3.05, 3.63) is 35.9 Å². The molecule has 1 aromatic rings. The number of nitrogens with zero attached hydrogens (tertiary/aromatic N) is 2. The summed E-state index contributed by atoms with van der Waals surface area (Å²) in [4.78, 5) is 38.8. The van der Waals surface area contributed by atoms with Crippen LogP contribution in [-0.4, -0.2) is 65.5 Å². The van der Waals surface area contributed by atoms with Gasteiger partial charge in [0, 0.05) is 25.4 Å². The number of carbonyl (C=O) groups is 3. The number of piperidine rings is 1. The number of carboxylic acids is 1. The molecule has 28 heavy (non-hydrogen) atoms. The zero-order valence-electron chi connectivity index (χ0n) is 16.5. The molecule has 154 valence electrons. The Labute approximate surface area is 166 Å². The summed E-state index contributed by atoms with van der Waals surface area (Å²) in [7, 11) is 0. The Morgan fingerprint density at radius 1 is 1.18 bits per heavy atom. The van der Waals surface area contributed by atoms with E-state index in [9.17, 15) is 14.4 Å². The molecule has 1 saturated heterocycles. The summed E-state index contributed by atoms with van der Waals surface area (Å²) in [6, 6.07) is 9.55. The monoisotopic (exact) mass is 390 g/mol. The van der Waals surface area contributed by atoms with E-state index in [1.807, 2.05) is 42.2 Å². The second kappa shape index (κ2) is 11.4. The van der Waals surface area contributed by atoms with Crippen molar-refractivity contribution < 1.29 is 24.2 Å². The van der Waals surface area contributed by atoms with Crippen molar-refractivity contribution in [2.45, 2.75) is 39.2 Å². The zero-order valence-corrected chi connectivity index (χ0v) is 16.5. The van der Waals surface area contributed by atoms with Crippen LogP contribution in [-0.2, 0) is 20.9 Å². The lowest BCUT2D eigenvalue weighted by Crippen LogP contribution is -2.40. The molecule has 0 atom stereocenters. The molecule has 7 nitrogen and oxygen atoms in total. The molecule has 0 bridgehead atoms. The summed E-state index contributed by atoms with van der Waals surface area (Å²) >= 11 is 0. The lowest BCUT2D eigenvalue weighted by atomic mass is 9.90. The number of amides is 1. The number of aliphatic carboxylic acids is 1. The van der Waals surface area contributed by atoms with Gasteiger partial charge in [0.15, 0.2) is 0 Å². The number of hydrogen-bond acceptors (Lipinski definition) is 5. The topological polar surface area (TPSA) is 87.2 Å². The molecule has 7 heteroatoms. The van der Waals surface area contributed by atoms with Gasteiger partial charge in [-0.15, -0.1) is 0 Å². The van der Waals surface area contributed by atoms with Gasteiger partial charge in [0.2, 0.25) is 0 Å². The van der Waals surface area contributed by atoms with Gasteiger partial charge >= 0.3 is 12.1 Å². The molecular weight excluding hydrogens is 360 g/mol. The first-order valence-electron chi connectivity index (χ1n) is 9.92. The maximum absolute atomic E-state index is 12.4. The van der Waals surface area contributed by atoms with Crippen LogP contribution in [0, 0.1) is 5.92 Å². The van der Waals surface area contributed by atoms with Crippen LogP contribution in [0.4, 0.5) is 4.79 Å². The van der Waals surface area contributed by atoms with E-state index < -0.39 is 5.97 Å². The molecule has 0 unspecified atom stereocenters. The van der Waals surface area contributed by atoms with Crippen molar-refractivity contribution in [1.82, 2.24) is 9.80 Å². The molecule has 2 rings (SSSR count). The van der Waals surface area contributed by atoms with Crippen LogP contribution >= 0.6 is 0 Å². The number of hydrogen-bond donors (Lipinski definition) is 1. The van der Waals surface area contributed by atoms with E-state index in [0.717, 1.165) is 5.56 Å². The van der Waals surface area contributed by atoms with Crippen LogP contribution in [0.15, 0.2) is 30.3 Å². The number of ether oxygens (including phenoxy) is 1. The van der Waals surface area contributed by atoms with Crippen LogP contribution in [0.3, 0.4) is 0 Å². The zero-order chi connectivity index (χ0) is 20.4. The Kier molecular flexibility index (Phi) is 8.94. The minimum atomic E-state index is -0.848. The molecule has 0 aromatic heterocycles. The number of carboxylic acid groups (broad SMARTS) is 1. The summed E-state index contributed by atoms with van der Waals surface area (Å²) in [5.41, 5.74) is 0.949. The molecule has 1 N–H and O–H groups in total. The Balaban J connectivity index is 1.65. The number of ketones is 1. The molecule has 1 fully saturated rings. The minimum Gasteiger partial charge on any atom is -0.480 e.